The molecule has 0 N–H and O–H groups in total. The molecule has 25 heavy (non-hydrogen) atoms. The van der Waals surface area contributed by atoms with Gasteiger partial charge in [-0.2, -0.15) is 4.73 Å². The molecule has 0 spiro atoms. The van der Waals surface area contributed by atoms with Gasteiger partial charge in [0.2, 0.25) is 0 Å². The van der Waals surface area contributed by atoms with Gasteiger partial charge < -0.3 is 9.57 Å². The van der Waals surface area contributed by atoms with Crippen LogP contribution < -0.4 is 4.84 Å². The van der Waals surface area contributed by atoms with Crippen molar-refractivity contribution < 1.29 is 27.5 Å². The van der Waals surface area contributed by atoms with E-state index in [1.165, 1.54) is 25.3 Å². The highest BCUT2D eigenvalue weighted by Gasteiger charge is 2.33. The molecule has 3 aromatic rings. The lowest BCUT2D eigenvalue weighted by molar-refractivity contribution is -0.321. The minimum absolute atomic E-state index is 0.218. The highest BCUT2D eigenvalue weighted by molar-refractivity contribution is 5.95. The smallest absolute Gasteiger partial charge is 0.465 e. The normalized spacial score (nSPS) is 11.5. The fraction of sp³-hybridized carbons (Fsp3) is 0.167. The number of esters is 1. The number of methoxy groups -OCH3 is 1. The Labute approximate surface area is 141 Å². The molecule has 0 fully saturated rings. The Bertz CT molecular complexity index is 901. The van der Waals surface area contributed by atoms with E-state index in [9.17, 15) is 18.0 Å². The van der Waals surface area contributed by atoms with E-state index in [1.54, 1.807) is 6.07 Å². The third kappa shape index (κ3) is 3.76. The highest BCUT2D eigenvalue weighted by atomic mass is 19.4. The van der Waals surface area contributed by atoms with Gasteiger partial charge in [-0.1, -0.05) is 30.3 Å². The minimum atomic E-state index is -4.83. The zero-order valence-electron chi connectivity index (χ0n) is 13.2. The Kier molecular flexibility index (Phi) is 4.39. The lowest BCUT2D eigenvalue weighted by Crippen LogP contribution is -2.28. The fourth-order valence-corrected chi connectivity index (χ4v) is 2.63. The van der Waals surface area contributed by atoms with Crippen LogP contribution in [-0.2, 0) is 11.2 Å². The van der Waals surface area contributed by atoms with Crippen LogP contribution in [0.25, 0.3) is 10.9 Å². The molecular formula is C18H14F3NO3. The maximum Gasteiger partial charge on any atom is 0.591 e. The minimum Gasteiger partial charge on any atom is -0.465 e. The average Bonchev–Trinajstić information content (AvgIpc) is 2.90. The molecule has 2 aromatic carbocycles. The Balaban J connectivity index is 2.09. The molecule has 0 saturated heterocycles. The summed E-state index contributed by atoms with van der Waals surface area (Å²) in [6, 6.07) is 14.9. The lowest BCUT2D eigenvalue weighted by Gasteiger charge is -2.14. The van der Waals surface area contributed by atoms with Crippen LogP contribution in [0.1, 0.15) is 21.6 Å². The van der Waals surface area contributed by atoms with Crippen LogP contribution >= 0.6 is 0 Å². The third-order valence-corrected chi connectivity index (χ3v) is 3.67. The van der Waals surface area contributed by atoms with Crippen LogP contribution in [0.15, 0.2) is 54.6 Å². The van der Waals surface area contributed by atoms with Crippen molar-refractivity contribution in [1.29, 1.82) is 0 Å². The molecule has 7 heteroatoms. The zero-order valence-corrected chi connectivity index (χ0v) is 13.2. The Hall–Kier alpha value is -2.96. The van der Waals surface area contributed by atoms with Gasteiger partial charge in [0.1, 0.15) is 0 Å². The van der Waals surface area contributed by atoms with Crippen molar-refractivity contribution >= 4 is 16.9 Å². The number of benzene rings is 2. The first-order valence-electron chi connectivity index (χ1n) is 7.40. The first kappa shape index (κ1) is 16.9. The molecule has 0 amide bonds. The van der Waals surface area contributed by atoms with E-state index in [0.717, 1.165) is 10.3 Å². The summed E-state index contributed by atoms with van der Waals surface area (Å²) < 4.78 is 43.8. The van der Waals surface area contributed by atoms with Crippen LogP contribution in [0.2, 0.25) is 0 Å². The molecule has 0 bridgehead atoms. The maximum atomic E-state index is 12.8. The molecule has 1 aromatic heterocycles. The number of rotatable bonds is 4. The number of nitrogens with zero attached hydrogens (tertiary/aromatic N) is 1. The standard InChI is InChI=1S/C18H14F3NO3/c1-24-17(23)13-7-8-16-14(10-13)11-15(22(16)25-18(19,20)21)9-12-5-3-2-4-6-12/h2-8,10-11H,9H2,1H3. The summed E-state index contributed by atoms with van der Waals surface area (Å²) in [4.78, 5) is 15.8. The number of carbonyl (C=O) groups is 1. The second kappa shape index (κ2) is 6.51. The second-order valence-electron chi connectivity index (χ2n) is 5.39. The Morgan fingerprint density at radius 2 is 1.80 bits per heavy atom. The van der Waals surface area contributed by atoms with E-state index in [1.807, 2.05) is 30.3 Å². The summed E-state index contributed by atoms with van der Waals surface area (Å²) in [7, 11) is 1.24. The van der Waals surface area contributed by atoms with Crippen LogP contribution in [0.5, 0.6) is 0 Å². The molecule has 1 heterocycles. The zero-order chi connectivity index (χ0) is 18.0. The van der Waals surface area contributed by atoms with Crippen LogP contribution in [0.4, 0.5) is 13.2 Å². The predicted octanol–water partition coefficient (Wildman–Crippen LogP) is 3.97. The summed E-state index contributed by atoms with van der Waals surface area (Å²) >= 11 is 0. The van der Waals surface area contributed by atoms with Crippen LogP contribution in [0, 0.1) is 0 Å². The van der Waals surface area contributed by atoms with Gasteiger partial charge in [0.25, 0.3) is 0 Å². The molecule has 4 nitrogen and oxygen atoms in total. The number of hydrogen-bond donors (Lipinski definition) is 0. The van der Waals surface area contributed by atoms with E-state index in [-0.39, 0.29) is 17.5 Å². The van der Waals surface area contributed by atoms with Gasteiger partial charge in [0.05, 0.1) is 23.9 Å². The highest BCUT2D eigenvalue weighted by Crippen LogP contribution is 2.25. The van der Waals surface area contributed by atoms with E-state index in [4.69, 9.17) is 0 Å². The van der Waals surface area contributed by atoms with Crippen molar-refractivity contribution in [3.8, 4) is 0 Å². The number of fused-ring (bicyclic) bond motifs is 1. The molecule has 0 aliphatic carbocycles. The van der Waals surface area contributed by atoms with Gasteiger partial charge in [-0.25, -0.2) is 4.79 Å². The van der Waals surface area contributed by atoms with Gasteiger partial charge in [-0.05, 0) is 29.8 Å². The van der Waals surface area contributed by atoms with Crippen molar-refractivity contribution in [2.45, 2.75) is 12.8 Å². The average molecular weight is 349 g/mol. The first-order valence-corrected chi connectivity index (χ1v) is 7.40. The topological polar surface area (TPSA) is 40.5 Å². The van der Waals surface area contributed by atoms with E-state index in [0.29, 0.717) is 11.1 Å². The predicted molar refractivity (Wildman–Crippen MR) is 85.2 cm³/mol. The molecule has 0 atom stereocenters. The summed E-state index contributed by atoms with van der Waals surface area (Å²) in [5.74, 6) is -0.559. The number of aromatic nitrogens is 1. The lowest BCUT2D eigenvalue weighted by atomic mass is 10.1. The number of halogens is 3. The molecule has 0 saturated carbocycles. The summed E-state index contributed by atoms with van der Waals surface area (Å²) in [5, 5.41) is 0.457. The SMILES string of the molecule is COC(=O)c1ccc2c(c1)cc(Cc1ccccc1)n2OC(F)(F)F. The van der Waals surface area contributed by atoms with Crippen molar-refractivity contribution in [3.63, 3.8) is 0 Å². The van der Waals surface area contributed by atoms with Crippen LogP contribution in [-0.4, -0.2) is 24.2 Å². The van der Waals surface area contributed by atoms with Gasteiger partial charge in [-0.3, -0.25) is 0 Å². The van der Waals surface area contributed by atoms with Gasteiger partial charge in [0, 0.05) is 11.8 Å². The van der Waals surface area contributed by atoms with Gasteiger partial charge >= 0.3 is 12.3 Å². The molecule has 130 valence electrons. The quantitative estimate of drug-likeness (QED) is 0.669. The summed E-state index contributed by atoms with van der Waals surface area (Å²) in [6.45, 7) is 0. The van der Waals surface area contributed by atoms with Gasteiger partial charge in [-0.15, -0.1) is 13.2 Å². The Morgan fingerprint density at radius 3 is 2.44 bits per heavy atom. The number of carbonyl (C=O) groups excluding carboxylic acids is 1. The van der Waals surface area contributed by atoms with Crippen molar-refractivity contribution in [2.75, 3.05) is 7.11 Å². The van der Waals surface area contributed by atoms with Crippen molar-refractivity contribution in [3.05, 3.63) is 71.4 Å². The van der Waals surface area contributed by atoms with Crippen molar-refractivity contribution in [1.82, 2.24) is 4.73 Å². The first-order chi connectivity index (χ1) is 11.9. The Morgan fingerprint density at radius 1 is 1.08 bits per heavy atom. The fourth-order valence-electron chi connectivity index (χ4n) is 2.63. The van der Waals surface area contributed by atoms with Crippen LogP contribution in [0.3, 0.4) is 0 Å². The number of ether oxygens (including phenoxy) is 1. The maximum absolute atomic E-state index is 12.8. The largest absolute Gasteiger partial charge is 0.591 e. The molecule has 0 radical (unpaired) electrons. The number of alkyl halides is 3. The monoisotopic (exact) mass is 349 g/mol. The molecule has 0 aliphatic heterocycles. The van der Waals surface area contributed by atoms with Crippen molar-refractivity contribution in [2.24, 2.45) is 0 Å². The second-order valence-corrected chi connectivity index (χ2v) is 5.39. The molecule has 0 unspecified atom stereocenters. The van der Waals surface area contributed by atoms with Gasteiger partial charge in [0.15, 0.2) is 0 Å². The molecule has 3 rings (SSSR count). The molecular weight excluding hydrogens is 335 g/mol. The van der Waals surface area contributed by atoms with E-state index < -0.39 is 12.3 Å². The molecule has 0 aliphatic rings. The number of hydrogen-bond acceptors (Lipinski definition) is 3. The summed E-state index contributed by atoms with van der Waals surface area (Å²) in [5.41, 5.74) is 1.63. The van der Waals surface area contributed by atoms with E-state index in [2.05, 4.69) is 9.57 Å². The third-order valence-electron chi connectivity index (χ3n) is 3.67. The van der Waals surface area contributed by atoms with E-state index >= 15 is 0 Å². The summed E-state index contributed by atoms with van der Waals surface area (Å²) in [6.07, 6.45) is -4.59.